The Kier molecular flexibility index (Phi) is 3.38. The van der Waals surface area contributed by atoms with Crippen LogP contribution in [0.15, 0.2) is 6.07 Å². The number of halogens is 2. The molecule has 0 aliphatic carbocycles. The van der Waals surface area contributed by atoms with E-state index in [2.05, 4.69) is 0 Å². The average molecular weight is 261 g/mol. The Morgan fingerprint density at radius 1 is 1.47 bits per heavy atom. The number of hydrogen-bond donors (Lipinski definition) is 1. The molecule has 1 aromatic carbocycles. The SMILES string of the molecule is O=C(O)Cc1cc2c(c(Cl)c1F)OCCCO2. The lowest BCUT2D eigenvalue weighted by atomic mass is 10.1. The molecular formula is C11H10ClFO4. The Hall–Kier alpha value is -1.49. The summed E-state index contributed by atoms with van der Waals surface area (Å²) in [4.78, 5) is 10.6. The Morgan fingerprint density at radius 3 is 2.88 bits per heavy atom. The summed E-state index contributed by atoms with van der Waals surface area (Å²) >= 11 is 5.80. The summed E-state index contributed by atoms with van der Waals surface area (Å²) in [6.07, 6.45) is 0.225. The van der Waals surface area contributed by atoms with Gasteiger partial charge in [0, 0.05) is 12.0 Å². The number of carbonyl (C=O) groups is 1. The van der Waals surface area contributed by atoms with Crippen LogP contribution in [0.2, 0.25) is 5.02 Å². The van der Waals surface area contributed by atoms with Gasteiger partial charge < -0.3 is 14.6 Å². The third-order valence-corrected chi connectivity index (χ3v) is 2.67. The van der Waals surface area contributed by atoms with Gasteiger partial charge in [-0.25, -0.2) is 4.39 Å². The molecule has 1 N–H and O–H groups in total. The molecular weight excluding hydrogens is 251 g/mol. The van der Waals surface area contributed by atoms with Crippen LogP contribution in [0.4, 0.5) is 4.39 Å². The first-order valence-electron chi connectivity index (χ1n) is 5.08. The summed E-state index contributed by atoms with van der Waals surface area (Å²) in [6.45, 7) is 0.825. The third-order valence-electron chi connectivity index (χ3n) is 2.34. The van der Waals surface area contributed by atoms with Crippen LogP contribution >= 0.6 is 11.6 Å². The standard InChI is InChI=1S/C11H10ClFO4/c12-9-10(13)6(5-8(14)15)4-7-11(9)17-3-1-2-16-7/h4H,1-3,5H2,(H,14,15). The molecule has 2 rings (SSSR count). The highest BCUT2D eigenvalue weighted by molar-refractivity contribution is 6.32. The second kappa shape index (κ2) is 4.79. The minimum Gasteiger partial charge on any atom is -0.489 e. The fourth-order valence-electron chi connectivity index (χ4n) is 1.58. The molecule has 0 saturated heterocycles. The van der Waals surface area contributed by atoms with Crippen molar-refractivity contribution in [1.29, 1.82) is 0 Å². The molecule has 0 aromatic heterocycles. The highest BCUT2D eigenvalue weighted by Crippen LogP contribution is 2.40. The topological polar surface area (TPSA) is 55.8 Å². The van der Waals surface area contributed by atoms with Crippen LogP contribution in [0.5, 0.6) is 11.5 Å². The van der Waals surface area contributed by atoms with Gasteiger partial charge in [-0.3, -0.25) is 4.79 Å². The second-order valence-electron chi connectivity index (χ2n) is 3.61. The molecule has 0 saturated carbocycles. The van der Waals surface area contributed by atoms with Gasteiger partial charge in [0.1, 0.15) is 10.8 Å². The lowest BCUT2D eigenvalue weighted by molar-refractivity contribution is -0.136. The number of hydrogen-bond acceptors (Lipinski definition) is 3. The summed E-state index contributed by atoms with van der Waals surface area (Å²) in [7, 11) is 0. The molecule has 0 bridgehead atoms. The van der Waals surface area contributed by atoms with Crippen LogP contribution in [-0.4, -0.2) is 24.3 Å². The quantitative estimate of drug-likeness (QED) is 0.886. The van der Waals surface area contributed by atoms with Crippen LogP contribution in [0.3, 0.4) is 0 Å². The van der Waals surface area contributed by atoms with Crippen LogP contribution in [0.1, 0.15) is 12.0 Å². The third kappa shape index (κ3) is 2.44. The first kappa shape index (κ1) is 12.0. The van der Waals surface area contributed by atoms with Gasteiger partial charge in [0.15, 0.2) is 11.5 Å². The zero-order valence-corrected chi connectivity index (χ0v) is 9.59. The Labute approximate surface area is 102 Å². The van der Waals surface area contributed by atoms with E-state index in [4.69, 9.17) is 26.2 Å². The zero-order valence-electron chi connectivity index (χ0n) is 8.83. The normalized spacial score (nSPS) is 14.2. The molecule has 92 valence electrons. The van der Waals surface area contributed by atoms with E-state index in [1.807, 2.05) is 0 Å². The number of carboxylic acid groups (broad SMARTS) is 1. The molecule has 6 heteroatoms. The molecule has 0 amide bonds. The van der Waals surface area contributed by atoms with Gasteiger partial charge in [-0.1, -0.05) is 11.6 Å². The lowest BCUT2D eigenvalue weighted by Gasteiger charge is -2.12. The number of aliphatic carboxylic acids is 1. The first-order chi connectivity index (χ1) is 8.09. The summed E-state index contributed by atoms with van der Waals surface area (Å²) in [5.41, 5.74) is -0.00764. The van der Waals surface area contributed by atoms with Crippen molar-refractivity contribution in [3.05, 3.63) is 22.5 Å². The maximum absolute atomic E-state index is 13.8. The summed E-state index contributed by atoms with van der Waals surface area (Å²) < 4.78 is 24.4. The van der Waals surface area contributed by atoms with Crippen molar-refractivity contribution in [2.24, 2.45) is 0 Å². The van der Waals surface area contributed by atoms with E-state index in [1.165, 1.54) is 6.07 Å². The van der Waals surface area contributed by atoms with Gasteiger partial charge in [0.05, 0.1) is 19.6 Å². The average Bonchev–Trinajstić information content (AvgIpc) is 2.50. The van der Waals surface area contributed by atoms with Crippen LogP contribution in [0, 0.1) is 5.82 Å². The monoisotopic (exact) mass is 260 g/mol. The molecule has 17 heavy (non-hydrogen) atoms. The molecule has 1 aromatic rings. The molecule has 0 spiro atoms. The van der Waals surface area contributed by atoms with Crippen LogP contribution in [0.25, 0.3) is 0 Å². The van der Waals surface area contributed by atoms with Crippen LogP contribution in [-0.2, 0) is 11.2 Å². The largest absolute Gasteiger partial charge is 0.489 e. The smallest absolute Gasteiger partial charge is 0.307 e. The maximum Gasteiger partial charge on any atom is 0.307 e. The maximum atomic E-state index is 13.8. The van der Waals surface area contributed by atoms with Crippen molar-refractivity contribution in [2.75, 3.05) is 13.2 Å². The Balaban J connectivity index is 2.47. The van der Waals surface area contributed by atoms with E-state index in [9.17, 15) is 9.18 Å². The molecule has 0 fully saturated rings. The number of fused-ring (bicyclic) bond motifs is 1. The van der Waals surface area contributed by atoms with Crippen molar-refractivity contribution in [3.8, 4) is 11.5 Å². The molecule has 1 heterocycles. The fraction of sp³-hybridized carbons (Fsp3) is 0.364. The van der Waals surface area contributed by atoms with E-state index in [1.54, 1.807) is 0 Å². The molecule has 4 nitrogen and oxygen atoms in total. The van der Waals surface area contributed by atoms with Crippen molar-refractivity contribution in [2.45, 2.75) is 12.8 Å². The van der Waals surface area contributed by atoms with E-state index >= 15 is 0 Å². The number of rotatable bonds is 2. The summed E-state index contributed by atoms with van der Waals surface area (Å²) in [5.74, 6) is -1.45. The number of carboxylic acids is 1. The lowest BCUT2D eigenvalue weighted by Crippen LogP contribution is -2.04. The van der Waals surface area contributed by atoms with Gasteiger partial charge in [0.25, 0.3) is 0 Å². The van der Waals surface area contributed by atoms with E-state index in [-0.39, 0.29) is 16.3 Å². The minimum absolute atomic E-state index is 0.00764. The Morgan fingerprint density at radius 2 is 2.18 bits per heavy atom. The van der Waals surface area contributed by atoms with E-state index in [0.717, 1.165) is 0 Å². The number of ether oxygens (including phenoxy) is 2. The molecule has 0 atom stereocenters. The molecule has 1 aliphatic rings. The zero-order chi connectivity index (χ0) is 12.4. The van der Waals surface area contributed by atoms with Crippen molar-refractivity contribution >= 4 is 17.6 Å². The second-order valence-corrected chi connectivity index (χ2v) is 3.99. The van der Waals surface area contributed by atoms with E-state index < -0.39 is 18.2 Å². The predicted molar refractivity (Wildman–Crippen MR) is 58.4 cm³/mol. The Bertz CT molecular complexity index is 461. The highest BCUT2D eigenvalue weighted by atomic mass is 35.5. The summed E-state index contributed by atoms with van der Waals surface area (Å²) in [6, 6.07) is 1.33. The number of benzene rings is 1. The van der Waals surface area contributed by atoms with Crippen molar-refractivity contribution < 1.29 is 23.8 Å². The molecule has 1 aliphatic heterocycles. The minimum atomic E-state index is -1.13. The van der Waals surface area contributed by atoms with E-state index in [0.29, 0.717) is 25.4 Å². The predicted octanol–water partition coefficient (Wildman–Crippen LogP) is 2.27. The highest BCUT2D eigenvalue weighted by Gasteiger charge is 2.22. The van der Waals surface area contributed by atoms with Crippen LogP contribution < -0.4 is 9.47 Å². The molecule has 0 unspecified atom stereocenters. The van der Waals surface area contributed by atoms with Gasteiger partial charge in [0.2, 0.25) is 0 Å². The van der Waals surface area contributed by atoms with Gasteiger partial charge in [-0.15, -0.1) is 0 Å². The summed E-state index contributed by atoms with van der Waals surface area (Å²) in [5, 5.41) is 8.44. The van der Waals surface area contributed by atoms with Gasteiger partial charge in [-0.2, -0.15) is 0 Å². The van der Waals surface area contributed by atoms with Crippen molar-refractivity contribution in [3.63, 3.8) is 0 Å². The van der Waals surface area contributed by atoms with Gasteiger partial charge >= 0.3 is 5.97 Å². The molecule has 0 radical (unpaired) electrons. The first-order valence-corrected chi connectivity index (χ1v) is 5.45. The van der Waals surface area contributed by atoms with Crippen molar-refractivity contribution in [1.82, 2.24) is 0 Å². The fourth-order valence-corrected chi connectivity index (χ4v) is 1.85. The van der Waals surface area contributed by atoms with Gasteiger partial charge in [-0.05, 0) is 6.07 Å².